The van der Waals surface area contributed by atoms with E-state index in [-0.39, 0.29) is 11.7 Å². The fraction of sp³-hybridized carbons (Fsp3) is 0.318. The van der Waals surface area contributed by atoms with E-state index in [9.17, 15) is 4.79 Å². The minimum absolute atomic E-state index is 0.115. The summed E-state index contributed by atoms with van der Waals surface area (Å²) in [5, 5.41) is 12.3. The summed E-state index contributed by atoms with van der Waals surface area (Å²) in [6, 6.07) is 15.4. The first-order valence-corrected chi connectivity index (χ1v) is 11.3. The number of nitrogens with zero attached hydrogens (tertiary/aromatic N) is 4. The minimum atomic E-state index is -0.115. The monoisotopic (exact) mass is 439 g/mol. The summed E-state index contributed by atoms with van der Waals surface area (Å²) in [5.41, 5.74) is 1.71. The number of hydrogen-bond acceptors (Lipinski definition) is 7. The van der Waals surface area contributed by atoms with Crippen molar-refractivity contribution in [1.29, 1.82) is 0 Å². The van der Waals surface area contributed by atoms with E-state index < -0.39 is 0 Å². The zero-order valence-electron chi connectivity index (χ0n) is 17.6. The van der Waals surface area contributed by atoms with Crippen molar-refractivity contribution >= 4 is 35.0 Å². The molecule has 0 bridgehead atoms. The first kappa shape index (κ1) is 21.0. The maximum absolute atomic E-state index is 12.5. The molecule has 1 aliphatic heterocycles. The molecule has 0 saturated heterocycles. The predicted octanol–water partition coefficient (Wildman–Crippen LogP) is 3.96. The van der Waals surface area contributed by atoms with Gasteiger partial charge in [0, 0.05) is 18.8 Å². The second kappa shape index (κ2) is 9.74. The van der Waals surface area contributed by atoms with Crippen molar-refractivity contribution in [3.8, 4) is 11.5 Å². The van der Waals surface area contributed by atoms with Gasteiger partial charge in [0.15, 0.2) is 5.16 Å². The quantitative estimate of drug-likeness (QED) is 0.506. The number of fused-ring (bicyclic) bond motifs is 1. The van der Waals surface area contributed by atoms with Gasteiger partial charge >= 0.3 is 0 Å². The Morgan fingerprint density at radius 2 is 1.81 bits per heavy atom. The lowest BCUT2D eigenvalue weighted by molar-refractivity contribution is -0.113. The normalized spacial score (nSPS) is 12.5. The van der Waals surface area contributed by atoms with Gasteiger partial charge in [-0.05, 0) is 50.2 Å². The number of carbonyl (C=O) groups is 1. The maximum Gasteiger partial charge on any atom is 0.234 e. The molecule has 0 aliphatic carbocycles. The van der Waals surface area contributed by atoms with Gasteiger partial charge in [-0.2, -0.15) is 0 Å². The third-order valence-corrected chi connectivity index (χ3v) is 5.71. The highest BCUT2D eigenvalue weighted by molar-refractivity contribution is 7.99. The summed E-state index contributed by atoms with van der Waals surface area (Å²) in [7, 11) is 0. The largest absolute Gasteiger partial charge is 0.494 e. The molecule has 162 valence electrons. The van der Waals surface area contributed by atoms with Gasteiger partial charge in [0.05, 0.1) is 24.7 Å². The average Bonchev–Trinajstić information content (AvgIpc) is 3.37. The SMILES string of the molecule is CCOc1ccc(N2CCn3c(SCC(=O)Nc4ccccc4OCC)nnc32)cc1. The van der Waals surface area contributed by atoms with Crippen LogP contribution in [0.5, 0.6) is 11.5 Å². The molecule has 0 saturated carbocycles. The van der Waals surface area contributed by atoms with Gasteiger partial charge in [-0.25, -0.2) is 0 Å². The molecule has 0 atom stereocenters. The summed E-state index contributed by atoms with van der Waals surface area (Å²) < 4.78 is 13.1. The third kappa shape index (κ3) is 4.77. The second-order valence-corrected chi connectivity index (χ2v) is 7.72. The van der Waals surface area contributed by atoms with E-state index in [0.29, 0.717) is 24.7 Å². The molecule has 0 spiro atoms. The van der Waals surface area contributed by atoms with Gasteiger partial charge in [-0.15, -0.1) is 10.2 Å². The number of benzene rings is 2. The van der Waals surface area contributed by atoms with Gasteiger partial charge in [-0.3, -0.25) is 9.36 Å². The fourth-order valence-corrected chi connectivity index (χ4v) is 4.14. The lowest BCUT2D eigenvalue weighted by Crippen LogP contribution is -2.15. The first-order chi connectivity index (χ1) is 15.2. The molecule has 0 radical (unpaired) electrons. The molecular weight excluding hydrogens is 414 g/mol. The molecule has 8 nitrogen and oxygen atoms in total. The van der Waals surface area contributed by atoms with Crippen molar-refractivity contribution in [2.24, 2.45) is 0 Å². The number of hydrogen-bond donors (Lipinski definition) is 1. The maximum atomic E-state index is 12.5. The molecule has 0 fully saturated rings. The van der Waals surface area contributed by atoms with Crippen molar-refractivity contribution in [3.05, 3.63) is 48.5 Å². The van der Waals surface area contributed by atoms with Gasteiger partial charge in [0.1, 0.15) is 11.5 Å². The van der Waals surface area contributed by atoms with Crippen molar-refractivity contribution in [2.45, 2.75) is 25.5 Å². The fourth-order valence-electron chi connectivity index (χ4n) is 3.38. The summed E-state index contributed by atoms with van der Waals surface area (Å²) in [6.45, 7) is 6.64. The van der Waals surface area contributed by atoms with Crippen LogP contribution in [-0.4, -0.2) is 46.2 Å². The summed E-state index contributed by atoms with van der Waals surface area (Å²) >= 11 is 1.38. The molecule has 3 aromatic rings. The lowest BCUT2D eigenvalue weighted by Gasteiger charge is -2.15. The predicted molar refractivity (Wildman–Crippen MR) is 122 cm³/mol. The lowest BCUT2D eigenvalue weighted by atomic mass is 10.3. The number of anilines is 3. The standard InChI is InChI=1S/C22H25N5O3S/c1-3-29-17-11-9-16(10-12-17)26-13-14-27-21(26)24-25-22(27)31-15-20(28)23-18-7-5-6-8-19(18)30-4-2/h5-12H,3-4,13-15H2,1-2H3,(H,23,28). The van der Waals surface area contributed by atoms with Gasteiger partial charge in [-0.1, -0.05) is 23.9 Å². The zero-order chi connectivity index (χ0) is 21.6. The number of nitrogens with one attached hydrogen (secondary N) is 1. The number of amides is 1. The molecule has 1 aliphatic rings. The molecule has 0 unspecified atom stereocenters. The number of thioether (sulfide) groups is 1. The average molecular weight is 440 g/mol. The molecular formula is C22H25N5O3S. The van der Waals surface area contributed by atoms with E-state index in [1.807, 2.05) is 66.9 Å². The Morgan fingerprint density at radius 1 is 1.03 bits per heavy atom. The Morgan fingerprint density at radius 3 is 2.58 bits per heavy atom. The van der Waals surface area contributed by atoms with Crippen LogP contribution in [0, 0.1) is 0 Å². The molecule has 2 aromatic carbocycles. The van der Waals surface area contributed by atoms with Crippen LogP contribution in [-0.2, 0) is 11.3 Å². The van der Waals surface area contributed by atoms with E-state index in [4.69, 9.17) is 9.47 Å². The number of ether oxygens (including phenoxy) is 2. The summed E-state index contributed by atoms with van der Waals surface area (Å²) in [6.07, 6.45) is 0. The van der Waals surface area contributed by atoms with Crippen molar-refractivity contribution in [1.82, 2.24) is 14.8 Å². The Labute approximate surface area is 185 Å². The van der Waals surface area contributed by atoms with Crippen LogP contribution in [0.2, 0.25) is 0 Å². The van der Waals surface area contributed by atoms with Crippen LogP contribution < -0.4 is 19.7 Å². The van der Waals surface area contributed by atoms with E-state index in [2.05, 4.69) is 20.4 Å². The van der Waals surface area contributed by atoms with Crippen LogP contribution >= 0.6 is 11.8 Å². The smallest absolute Gasteiger partial charge is 0.234 e. The van der Waals surface area contributed by atoms with Gasteiger partial charge in [0.2, 0.25) is 11.9 Å². The third-order valence-electron chi connectivity index (χ3n) is 4.74. The van der Waals surface area contributed by atoms with E-state index in [0.717, 1.165) is 35.6 Å². The number of aromatic nitrogens is 3. The Hall–Kier alpha value is -3.20. The van der Waals surface area contributed by atoms with Crippen LogP contribution in [0.1, 0.15) is 13.8 Å². The van der Waals surface area contributed by atoms with Crippen molar-refractivity contribution < 1.29 is 14.3 Å². The van der Waals surface area contributed by atoms with Crippen LogP contribution in [0.3, 0.4) is 0 Å². The Kier molecular flexibility index (Phi) is 6.61. The summed E-state index contributed by atoms with van der Waals surface area (Å²) in [5.74, 6) is 2.42. The number of para-hydroxylation sites is 2. The van der Waals surface area contributed by atoms with E-state index >= 15 is 0 Å². The highest BCUT2D eigenvalue weighted by atomic mass is 32.2. The molecule has 1 aromatic heterocycles. The molecule has 1 N–H and O–H groups in total. The van der Waals surface area contributed by atoms with Gasteiger partial charge in [0.25, 0.3) is 0 Å². The second-order valence-electron chi connectivity index (χ2n) is 6.78. The van der Waals surface area contributed by atoms with E-state index in [1.54, 1.807) is 0 Å². The van der Waals surface area contributed by atoms with Gasteiger partial charge < -0.3 is 19.7 Å². The highest BCUT2D eigenvalue weighted by Crippen LogP contribution is 2.33. The highest BCUT2D eigenvalue weighted by Gasteiger charge is 2.26. The van der Waals surface area contributed by atoms with Crippen molar-refractivity contribution in [2.75, 3.05) is 35.7 Å². The van der Waals surface area contributed by atoms with E-state index in [1.165, 1.54) is 11.8 Å². The molecule has 2 heterocycles. The number of carbonyl (C=O) groups excluding carboxylic acids is 1. The minimum Gasteiger partial charge on any atom is -0.494 e. The first-order valence-electron chi connectivity index (χ1n) is 10.3. The molecule has 4 rings (SSSR count). The molecule has 31 heavy (non-hydrogen) atoms. The zero-order valence-corrected chi connectivity index (χ0v) is 18.4. The Balaban J connectivity index is 1.38. The van der Waals surface area contributed by atoms with Crippen LogP contribution in [0.4, 0.5) is 17.3 Å². The summed E-state index contributed by atoms with van der Waals surface area (Å²) in [4.78, 5) is 14.6. The van der Waals surface area contributed by atoms with Crippen LogP contribution in [0.15, 0.2) is 53.7 Å². The Bertz CT molecular complexity index is 1040. The van der Waals surface area contributed by atoms with Crippen molar-refractivity contribution in [3.63, 3.8) is 0 Å². The van der Waals surface area contributed by atoms with Crippen LogP contribution in [0.25, 0.3) is 0 Å². The number of rotatable bonds is 9. The topological polar surface area (TPSA) is 81.5 Å². The molecule has 1 amide bonds. The molecule has 9 heteroatoms.